The minimum absolute atomic E-state index is 0.0536. The van der Waals surface area contributed by atoms with Crippen LogP contribution in [0.5, 0.6) is 17.2 Å². The fourth-order valence-electron chi connectivity index (χ4n) is 3.77. The van der Waals surface area contributed by atoms with Gasteiger partial charge in [-0.2, -0.15) is 0 Å². The summed E-state index contributed by atoms with van der Waals surface area (Å²) < 4.78 is 37.8. The van der Waals surface area contributed by atoms with Crippen LogP contribution >= 0.6 is 0 Å². The number of aliphatic hydroxyl groups is 6. The third kappa shape index (κ3) is 5.70. The molecule has 2 saturated heterocycles. The van der Waals surface area contributed by atoms with E-state index in [4.69, 9.17) is 38.3 Å². The van der Waals surface area contributed by atoms with E-state index in [1.54, 1.807) is 18.2 Å². The lowest BCUT2D eigenvalue weighted by atomic mass is 9.98. The van der Waals surface area contributed by atoms with Gasteiger partial charge in [0.2, 0.25) is 17.8 Å². The van der Waals surface area contributed by atoms with E-state index in [2.05, 4.69) is 0 Å². The normalized spacial score (nSPS) is 35.4. The van der Waals surface area contributed by atoms with Gasteiger partial charge in [-0.3, -0.25) is 0 Å². The van der Waals surface area contributed by atoms with Gasteiger partial charge in [0.25, 0.3) is 0 Å². The molecule has 0 aromatic heterocycles. The van der Waals surface area contributed by atoms with Crippen molar-refractivity contribution < 1.29 is 63.8 Å². The minimum atomic E-state index is -2.04. The molecular formula is C22H32O13. The van der Waals surface area contributed by atoms with Gasteiger partial charge in [0, 0.05) is 7.11 Å². The van der Waals surface area contributed by atoms with Crippen molar-refractivity contribution in [3.05, 3.63) is 23.8 Å². The largest absolute Gasteiger partial charge is 0.493 e. The van der Waals surface area contributed by atoms with Gasteiger partial charge in [0.05, 0.1) is 27.4 Å². The topological polar surface area (TPSA) is 186 Å². The smallest absolute Gasteiger partial charge is 0.229 e. The van der Waals surface area contributed by atoms with Crippen LogP contribution in [0.25, 0.3) is 6.08 Å². The van der Waals surface area contributed by atoms with Gasteiger partial charge in [0.1, 0.15) is 31.0 Å². The highest BCUT2D eigenvalue weighted by Crippen LogP contribution is 2.41. The average Bonchev–Trinajstić information content (AvgIpc) is 3.15. The van der Waals surface area contributed by atoms with Crippen molar-refractivity contribution in [1.29, 1.82) is 0 Å². The van der Waals surface area contributed by atoms with Crippen molar-refractivity contribution in [1.82, 2.24) is 0 Å². The number of aliphatic hydroxyl groups excluding tert-OH is 5. The van der Waals surface area contributed by atoms with Crippen LogP contribution in [0.2, 0.25) is 0 Å². The molecule has 0 bridgehead atoms. The van der Waals surface area contributed by atoms with Crippen LogP contribution in [0.3, 0.4) is 0 Å². The zero-order chi connectivity index (χ0) is 25.8. The monoisotopic (exact) mass is 504 g/mol. The van der Waals surface area contributed by atoms with Crippen LogP contribution in [-0.2, 0) is 18.9 Å². The van der Waals surface area contributed by atoms with Crippen LogP contribution in [0.1, 0.15) is 5.56 Å². The van der Waals surface area contributed by atoms with Crippen LogP contribution in [0.4, 0.5) is 0 Å². The van der Waals surface area contributed by atoms with E-state index in [9.17, 15) is 25.5 Å². The lowest BCUT2D eigenvalue weighted by molar-refractivity contribution is -0.316. The Morgan fingerprint density at radius 1 is 1.03 bits per heavy atom. The Hall–Kier alpha value is -2.04. The Balaban J connectivity index is 1.86. The summed E-state index contributed by atoms with van der Waals surface area (Å²) in [6, 6.07) is 3.19. The van der Waals surface area contributed by atoms with Crippen molar-refractivity contribution in [2.45, 2.75) is 48.9 Å². The summed E-state index contributed by atoms with van der Waals surface area (Å²) in [7, 11) is 3.95. The molecule has 35 heavy (non-hydrogen) atoms. The molecule has 0 unspecified atom stereocenters. The standard InChI is InChI=1S/C22H32O13/c1-29-12-7-11(5-4-6-23)8-13(30-2)17(12)34-20-16(26)18(15(25)14(9-24)33-20)35-21-19(27)22(28,31-3)10-32-21/h4-5,7-8,14-16,18-21,23-28H,6,9-10H2,1-3H3/t14-,15-,16-,18+,19+,20+,21+,22+/m1/s1. The zero-order valence-corrected chi connectivity index (χ0v) is 19.5. The van der Waals surface area contributed by atoms with Crippen molar-refractivity contribution in [3.63, 3.8) is 0 Å². The number of hydrogen-bond acceptors (Lipinski definition) is 13. The van der Waals surface area contributed by atoms with Crippen molar-refractivity contribution in [3.8, 4) is 17.2 Å². The van der Waals surface area contributed by atoms with Gasteiger partial charge >= 0.3 is 0 Å². The van der Waals surface area contributed by atoms with E-state index in [0.717, 1.165) is 0 Å². The Morgan fingerprint density at radius 2 is 1.69 bits per heavy atom. The molecule has 0 radical (unpaired) electrons. The molecule has 0 saturated carbocycles. The van der Waals surface area contributed by atoms with Crippen LogP contribution in [-0.4, -0.2) is 121 Å². The van der Waals surface area contributed by atoms with E-state index < -0.39 is 62.1 Å². The molecule has 2 heterocycles. The fraction of sp³-hybridized carbons (Fsp3) is 0.636. The lowest BCUT2D eigenvalue weighted by Crippen LogP contribution is -2.62. The molecule has 0 amide bonds. The van der Waals surface area contributed by atoms with Gasteiger partial charge in [-0.05, 0) is 17.7 Å². The fourth-order valence-corrected chi connectivity index (χ4v) is 3.77. The third-order valence-electron chi connectivity index (χ3n) is 5.77. The lowest BCUT2D eigenvalue weighted by Gasteiger charge is -2.42. The van der Waals surface area contributed by atoms with Gasteiger partial charge in [-0.1, -0.05) is 12.2 Å². The maximum atomic E-state index is 10.9. The third-order valence-corrected chi connectivity index (χ3v) is 5.77. The Morgan fingerprint density at radius 3 is 2.20 bits per heavy atom. The predicted molar refractivity (Wildman–Crippen MR) is 117 cm³/mol. The molecule has 13 nitrogen and oxygen atoms in total. The second-order valence-corrected chi connectivity index (χ2v) is 7.94. The molecule has 0 aliphatic carbocycles. The maximum Gasteiger partial charge on any atom is 0.229 e. The van der Waals surface area contributed by atoms with E-state index in [1.807, 2.05) is 0 Å². The molecular weight excluding hydrogens is 472 g/mol. The zero-order valence-electron chi connectivity index (χ0n) is 19.5. The quantitative estimate of drug-likeness (QED) is 0.192. The second kappa shape index (κ2) is 11.8. The van der Waals surface area contributed by atoms with E-state index in [1.165, 1.54) is 27.4 Å². The second-order valence-electron chi connectivity index (χ2n) is 7.94. The van der Waals surface area contributed by atoms with Gasteiger partial charge < -0.3 is 63.8 Å². The summed E-state index contributed by atoms with van der Waals surface area (Å²) in [4.78, 5) is 0. The van der Waals surface area contributed by atoms with Gasteiger partial charge in [0.15, 0.2) is 23.9 Å². The molecule has 2 aliphatic heterocycles. The summed E-state index contributed by atoms with van der Waals surface area (Å²) in [5.74, 6) is -1.56. The SMILES string of the molecule is COc1cc(C=CCO)cc(OC)c1O[C@@H]1O[C@H](CO)[C@@H](O)[C@H](O[C@@H]2OC[C@](O)(OC)[C@H]2O)[C@H]1O. The Labute approximate surface area is 201 Å². The summed E-state index contributed by atoms with van der Waals surface area (Å²) >= 11 is 0. The number of ether oxygens (including phenoxy) is 7. The summed E-state index contributed by atoms with van der Waals surface area (Å²) in [5, 5.41) is 60.8. The minimum Gasteiger partial charge on any atom is -0.493 e. The first-order valence-corrected chi connectivity index (χ1v) is 10.8. The first-order valence-electron chi connectivity index (χ1n) is 10.8. The average molecular weight is 504 g/mol. The molecule has 1 aromatic rings. The summed E-state index contributed by atoms with van der Waals surface area (Å²) in [5.41, 5.74) is 0.632. The first kappa shape index (κ1) is 27.5. The number of rotatable bonds is 10. The van der Waals surface area contributed by atoms with Crippen LogP contribution in [0.15, 0.2) is 18.2 Å². The number of hydrogen-bond donors (Lipinski definition) is 6. The van der Waals surface area contributed by atoms with Crippen LogP contribution < -0.4 is 14.2 Å². The molecule has 6 N–H and O–H groups in total. The number of benzene rings is 1. The van der Waals surface area contributed by atoms with Crippen molar-refractivity contribution in [2.75, 3.05) is 41.2 Å². The van der Waals surface area contributed by atoms with E-state index in [0.29, 0.717) is 5.56 Å². The molecule has 1 aromatic carbocycles. The highest BCUT2D eigenvalue weighted by atomic mass is 16.8. The number of methoxy groups -OCH3 is 3. The van der Waals surface area contributed by atoms with Crippen LogP contribution in [0, 0.1) is 0 Å². The summed E-state index contributed by atoms with van der Waals surface area (Å²) in [6.45, 7) is -1.24. The molecule has 0 spiro atoms. The van der Waals surface area contributed by atoms with Gasteiger partial charge in [-0.15, -0.1) is 0 Å². The predicted octanol–water partition coefficient (Wildman–Crippen LogP) is -2.04. The maximum absolute atomic E-state index is 10.9. The molecule has 198 valence electrons. The van der Waals surface area contributed by atoms with Crippen molar-refractivity contribution in [2.24, 2.45) is 0 Å². The highest BCUT2D eigenvalue weighted by molar-refractivity contribution is 5.62. The molecule has 2 aliphatic rings. The Bertz CT molecular complexity index is 839. The molecule has 8 atom stereocenters. The molecule has 13 heteroatoms. The van der Waals surface area contributed by atoms with E-state index >= 15 is 0 Å². The van der Waals surface area contributed by atoms with Gasteiger partial charge in [-0.25, -0.2) is 0 Å². The highest BCUT2D eigenvalue weighted by Gasteiger charge is 2.54. The first-order chi connectivity index (χ1) is 16.7. The molecule has 2 fully saturated rings. The molecule has 3 rings (SSSR count). The summed E-state index contributed by atoms with van der Waals surface area (Å²) in [6.07, 6.45) is -7.35. The van der Waals surface area contributed by atoms with E-state index in [-0.39, 0.29) is 23.9 Å². The Kier molecular flexibility index (Phi) is 9.28. The van der Waals surface area contributed by atoms with Crippen molar-refractivity contribution >= 4 is 6.08 Å².